The van der Waals surface area contributed by atoms with Crippen molar-refractivity contribution >= 4 is 5.69 Å². The molecule has 2 aromatic carbocycles. The quantitative estimate of drug-likeness (QED) is 0.760. The van der Waals surface area contributed by atoms with Crippen LogP contribution in [0.15, 0.2) is 54.6 Å². The van der Waals surface area contributed by atoms with Crippen molar-refractivity contribution in [2.24, 2.45) is 0 Å². The summed E-state index contributed by atoms with van der Waals surface area (Å²) in [5.74, 6) is 0. The topological polar surface area (TPSA) is 46.0 Å². The molecule has 2 aromatic rings. The lowest BCUT2D eigenvalue weighted by Gasteiger charge is -2.29. The fraction of sp³-hybridized carbons (Fsp3) is 0.250. The highest BCUT2D eigenvalue weighted by molar-refractivity contribution is 5.48. The molecule has 1 saturated heterocycles. The van der Waals surface area contributed by atoms with Crippen molar-refractivity contribution in [3.05, 3.63) is 70.9 Å². The number of hydrazine groups is 1. The van der Waals surface area contributed by atoms with E-state index < -0.39 is 0 Å². The first-order valence-corrected chi connectivity index (χ1v) is 7.23. The van der Waals surface area contributed by atoms with Crippen LogP contribution >= 0.6 is 0 Å². The van der Waals surface area contributed by atoms with E-state index in [2.05, 4.69) is 39.6 Å². The Hall–Kier alpha value is -1.92. The third-order valence-electron chi connectivity index (χ3n) is 4.23. The van der Waals surface area contributed by atoms with Gasteiger partial charge in [0.1, 0.15) is 6.67 Å². The second-order valence-electron chi connectivity index (χ2n) is 5.55. The maximum absolute atomic E-state index is 12.2. The Labute approximate surface area is 123 Å². The summed E-state index contributed by atoms with van der Waals surface area (Å²) in [4.78, 5) is 2.30. The number of anilines is 1. The van der Waals surface area contributed by atoms with E-state index in [0.717, 1.165) is 12.1 Å². The standard InChI is InChI=1S/C16H18N4O/c21-20-11-17-19-12-18(14-7-2-1-3-8-14)10-13-6-4-5-9-15(13)16(19)20/h1-9,16-17,20H,10-12H2. The summed E-state index contributed by atoms with van der Waals surface area (Å²) in [6, 6.07) is 18.6. The minimum atomic E-state index is -0.157. The van der Waals surface area contributed by atoms with E-state index in [1.165, 1.54) is 11.3 Å². The third kappa shape index (κ3) is 2.20. The zero-order chi connectivity index (χ0) is 14.2. The molecule has 5 heteroatoms. The van der Waals surface area contributed by atoms with Crippen molar-refractivity contribution in [2.45, 2.75) is 12.7 Å². The van der Waals surface area contributed by atoms with Crippen molar-refractivity contribution in [1.29, 1.82) is 0 Å². The van der Waals surface area contributed by atoms with Crippen LogP contribution in [0.25, 0.3) is 0 Å². The van der Waals surface area contributed by atoms with Crippen LogP contribution in [0.4, 0.5) is 5.69 Å². The molecule has 5 nitrogen and oxygen atoms in total. The Balaban J connectivity index is 1.77. The first kappa shape index (κ1) is 12.8. The molecule has 0 saturated carbocycles. The molecule has 2 aliphatic rings. The van der Waals surface area contributed by atoms with Crippen molar-refractivity contribution < 1.29 is 5.06 Å². The molecule has 0 aliphatic carbocycles. The molecule has 0 spiro atoms. The normalized spacial score (nSPS) is 25.3. The lowest BCUT2D eigenvalue weighted by molar-refractivity contribution is -0.875. The Kier molecular flexibility index (Phi) is 3.12. The smallest absolute Gasteiger partial charge is 0.185 e. The van der Waals surface area contributed by atoms with E-state index in [4.69, 9.17) is 0 Å². The van der Waals surface area contributed by atoms with Gasteiger partial charge in [-0.3, -0.25) is 0 Å². The Morgan fingerprint density at radius 3 is 2.67 bits per heavy atom. The molecule has 0 radical (unpaired) electrons. The van der Waals surface area contributed by atoms with Gasteiger partial charge in [0.05, 0.1) is 6.67 Å². The van der Waals surface area contributed by atoms with Crippen molar-refractivity contribution in [1.82, 2.24) is 10.4 Å². The summed E-state index contributed by atoms with van der Waals surface area (Å²) in [7, 11) is 0. The highest BCUT2D eigenvalue weighted by atomic mass is 16.5. The van der Waals surface area contributed by atoms with Crippen LogP contribution in [0.1, 0.15) is 17.3 Å². The van der Waals surface area contributed by atoms with E-state index >= 15 is 0 Å². The van der Waals surface area contributed by atoms with Gasteiger partial charge >= 0.3 is 0 Å². The lowest BCUT2D eigenvalue weighted by atomic mass is 10.0. The number of rotatable bonds is 1. The molecular formula is C16H18N4O. The minimum absolute atomic E-state index is 0.157. The molecule has 0 amide bonds. The first-order valence-electron chi connectivity index (χ1n) is 7.23. The first-order chi connectivity index (χ1) is 10.3. The number of hydroxylamine groups is 2. The van der Waals surface area contributed by atoms with Crippen LogP contribution in [0.5, 0.6) is 0 Å². The maximum Gasteiger partial charge on any atom is 0.185 e. The van der Waals surface area contributed by atoms with Gasteiger partial charge in [-0.05, 0) is 17.7 Å². The number of nitrogens with one attached hydrogen (secondary N) is 2. The van der Waals surface area contributed by atoms with Crippen LogP contribution in [0, 0.1) is 5.21 Å². The highest BCUT2D eigenvalue weighted by Gasteiger charge is 2.37. The van der Waals surface area contributed by atoms with Gasteiger partial charge in [-0.2, -0.15) is 10.4 Å². The van der Waals surface area contributed by atoms with E-state index in [9.17, 15) is 5.21 Å². The van der Waals surface area contributed by atoms with Crippen molar-refractivity contribution in [2.75, 3.05) is 18.2 Å². The van der Waals surface area contributed by atoms with Crippen LogP contribution in [-0.4, -0.2) is 18.3 Å². The fourth-order valence-electron chi connectivity index (χ4n) is 3.21. The molecule has 2 unspecified atom stereocenters. The number of nitrogens with zero attached hydrogens (tertiary/aromatic N) is 2. The molecule has 2 atom stereocenters. The number of hydrogen-bond acceptors (Lipinski definition) is 4. The van der Waals surface area contributed by atoms with E-state index in [1.54, 1.807) is 0 Å². The van der Waals surface area contributed by atoms with Gasteiger partial charge in [-0.1, -0.05) is 42.5 Å². The molecule has 0 aromatic heterocycles. The van der Waals surface area contributed by atoms with Gasteiger partial charge in [-0.25, -0.2) is 0 Å². The predicted molar refractivity (Wildman–Crippen MR) is 80.8 cm³/mol. The van der Waals surface area contributed by atoms with E-state index in [0.29, 0.717) is 13.3 Å². The second kappa shape index (κ2) is 5.13. The Morgan fingerprint density at radius 1 is 1.05 bits per heavy atom. The summed E-state index contributed by atoms with van der Waals surface area (Å²) >= 11 is 0. The SMILES string of the molecule is [O-][NH+]1CNN2CN(c3ccccc3)Cc3ccccc3C21. The van der Waals surface area contributed by atoms with Crippen LogP contribution in [0.2, 0.25) is 0 Å². The number of benzene rings is 2. The summed E-state index contributed by atoms with van der Waals surface area (Å²) < 4.78 is 0. The molecule has 21 heavy (non-hydrogen) atoms. The van der Waals surface area contributed by atoms with Gasteiger partial charge in [0.25, 0.3) is 0 Å². The molecule has 108 valence electrons. The van der Waals surface area contributed by atoms with Gasteiger partial charge < -0.3 is 15.2 Å². The Morgan fingerprint density at radius 2 is 1.81 bits per heavy atom. The molecule has 4 rings (SSSR count). The van der Waals surface area contributed by atoms with Crippen LogP contribution < -0.4 is 15.4 Å². The van der Waals surface area contributed by atoms with Crippen molar-refractivity contribution in [3.63, 3.8) is 0 Å². The summed E-state index contributed by atoms with van der Waals surface area (Å²) in [5, 5.41) is 14.5. The summed E-state index contributed by atoms with van der Waals surface area (Å²) in [6.07, 6.45) is -0.157. The molecule has 2 N–H and O–H groups in total. The lowest BCUT2D eigenvalue weighted by Crippen LogP contribution is -3.06. The fourth-order valence-corrected chi connectivity index (χ4v) is 3.21. The summed E-state index contributed by atoms with van der Waals surface area (Å²) in [6.45, 7) is 1.94. The zero-order valence-corrected chi connectivity index (χ0v) is 11.7. The number of hydrogen-bond donors (Lipinski definition) is 2. The van der Waals surface area contributed by atoms with Gasteiger partial charge in [-0.15, -0.1) is 0 Å². The largest absolute Gasteiger partial charge is 0.632 e. The monoisotopic (exact) mass is 282 g/mol. The molecule has 1 fully saturated rings. The third-order valence-corrected chi connectivity index (χ3v) is 4.23. The van der Waals surface area contributed by atoms with Crippen LogP contribution in [-0.2, 0) is 6.54 Å². The Bertz CT molecular complexity index is 633. The number of para-hydroxylation sites is 1. The maximum atomic E-state index is 12.2. The molecular weight excluding hydrogens is 264 g/mol. The second-order valence-corrected chi connectivity index (χ2v) is 5.55. The number of fused-ring (bicyclic) bond motifs is 3. The van der Waals surface area contributed by atoms with E-state index in [-0.39, 0.29) is 11.2 Å². The average molecular weight is 282 g/mol. The average Bonchev–Trinajstić information content (AvgIpc) is 2.80. The highest BCUT2D eigenvalue weighted by Crippen LogP contribution is 2.28. The molecule has 0 bridgehead atoms. The summed E-state index contributed by atoms with van der Waals surface area (Å²) in [5.41, 5.74) is 6.76. The zero-order valence-electron chi connectivity index (χ0n) is 11.7. The molecule has 2 heterocycles. The molecule has 2 aliphatic heterocycles. The predicted octanol–water partition coefficient (Wildman–Crippen LogP) is 0.823. The van der Waals surface area contributed by atoms with Gasteiger partial charge in [0.2, 0.25) is 0 Å². The van der Waals surface area contributed by atoms with Crippen molar-refractivity contribution in [3.8, 4) is 0 Å². The van der Waals surface area contributed by atoms with E-state index in [1.807, 2.05) is 30.3 Å². The van der Waals surface area contributed by atoms with Gasteiger partial charge in [0, 0.05) is 17.8 Å². The minimum Gasteiger partial charge on any atom is -0.632 e. The number of quaternary nitrogens is 1. The van der Waals surface area contributed by atoms with Gasteiger partial charge in [0.15, 0.2) is 6.17 Å². The van der Waals surface area contributed by atoms with Crippen LogP contribution in [0.3, 0.4) is 0 Å².